The van der Waals surface area contributed by atoms with Crippen molar-refractivity contribution in [2.75, 3.05) is 19.8 Å². The zero-order chi connectivity index (χ0) is 12.2. The lowest BCUT2D eigenvalue weighted by atomic mass is 10.2. The first-order chi connectivity index (χ1) is 7.42. The van der Waals surface area contributed by atoms with Crippen molar-refractivity contribution in [2.24, 2.45) is 0 Å². The normalized spacial score (nSPS) is 19.5. The van der Waals surface area contributed by atoms with Crippen molar-refractivity contribution in [3.63, 3.8) is 0 Å². The molecule has 0 saturated carbocycles. The predicted octanol–water partition coefficient (Wildman–Crippen LogP) is 1.90. The van der Waals surface area contributed by atoms with Crippen LogP contribution in [0.3, 0.4) is 0 Å². The Hall–Kier alpha value is -0.840. The summed E-state index contributed by atoms with van der Waals surface area (Å²) in [5.41, 5.74) is -0.546. The predicted molar refractivity (Wildman–Crippen MR) is 59.9 cm³/mol. The van der Waals surface area contributed by atoms with Crippen LogP contribution in [0.1, 0.15) is 33.6 Å². The van der Waals surface area contributed by atoms with E-state index >= 15 is 0 Å². The van der Waals surface area contributed by atoms with Gasteiger partial charge in [-0.1, -0.05) is 0 Å². The van der Waals surface area contributed by atoms with E-state index in [1.165, 1.54) is 0 Å². The number of halogens is 1. The van der Waals surface area contributed by atoms with Gasteiger partial charge in [0.25, 0.3) is 0 Å². The Bertz CT molecular complexity index is 235. The van der Waals surface area contributed by atoms with E-state index in [4.69, 9.17) is 4.74 Å². The van der Waals surface area contributed by atoms with E-state index < -0.39 is 24.5 Å². The van der Waals surface area contributed by atoms with Crippen LogP contribution in [0.25, 0.3) is 0 Å². The van der Waals surface area contributed by atoms with Gasteiger partial charge in [0, 0.05) is 13.1 Å². The van der Waals surface area contributed by atoms with Gasteiger partial charge in [0.15, 0.2) is 0 Å². The molecule has 1 fully saturated rings. The standard InChI is InChI=1S/C11H21FN2O2/c1-11(2,3)16-10(15)13-9(8-12)14-6-4-5-7-14/h9H,4-8H2,1-3H3,(H,13,15)/t9-/m1/s1. The second kappa shape index (κ2) is 5.48. The summed E-state index contributed by atoms with van der Waals surface area (Å²) in [6, 6.07) is 0. The number of carbonyl (C=O) groups is 1. The number of hydrogen-bond donors (Lipinski definition) is 1. The molecule has 0 aromatic heterocycles. The number of hydrogen-bond acceptors (Lipinski definition) is 3. The van der Waals surface area contributed by atoms with Crippen LogP contribution in [-0.4, -0.2) is 42.5 Å². The maximum Gasteiger partial charge on any atom is 0.408 e. The van der Waals surface area contributed by atoms with E-state index in [-0.39, 0.29) is 0 Å². The van der Waals surface area contributed by atoms with Gasteiger partial charge in [-0.3, -0.25) is 4.90 Å². The summed E-state index contributed by atoms with van der Waals surface area (Å²) in [6.07, 6.45) is 1.03. The first-order valence-corrected chi connectivity index (χ1v) is 5.72. The Morgan fingerprint density at radius 2 is 2.00 bits per heavy atom. The number of rotatable bonds is 3. The third kappa shape index (κ3) is 4.35. The average Bonchev–Trinajstić information content (AvgIpc) is 2.63. The summed E-state index contributed by atoms with van der Waals surface area (Å²) in [5, 5.41) is 2.55. The maximum atomic E-state index is 12.8. The molecule has 1 amide bonds. The first-order valence-electron chi connectivity index (χ1n) is 5.72. The van der Waals surface area contributed by atoms with Gasteiger partial charge < -0.3 is 10.1 Å². The van der Waals surface area contributed by atoms with Crippen LogP contribution in [-0.2, 0) is 4.74 Å². The third-order valence-corrected chi connectivity index (χ3v) is 2.41. The monoisotopic (exact) mass is 232 g/mol. The summed E-state index contributed by atoms with van der Waals surface area (Å²) in [5.74, 6) is 0. The summed E-state index contributed by atoms with van der Waals surface area (Å²) in [7, 11) is 0. The highest BCUT2D eigenvalue weighted by Gasteiger charge is 2.25. The molecule has 1 heterocycles. The van der Waals surface area contributed by atoms with Crippen LogP contribution in [0.4, 0.5) is 9.18 Å². The fraction of sp³-hybridized carbons (Fsp3) is 0.909. The number of ether oxygens (including phenoxy) is 1. The first kappa shape index (κ1) is 13.2. The van der Waals surface area contributed by atoms with Gasteiger partial charge in [0.05, 0.1) is 0 Å². The molecule has 94 valence electrons. The SMILES string of the molecule is CC(C)(C)OC(=O)N[C@@H](CF)N1CCCC1. The van der Waals surface area contributed by atoms with Crippen LogP contribution in [0.15, 0.2) is 0 Å². The van der Waals surface area contributed by atoms with Crippen molar-refractivity contribution in [1.82, 2.24) is 10.2 Å². The summed E-state index contributed by atoms with van der Waals surface area (Å²) >= 11 is 0. The topological polar surface area (TPSA) is 41.6 Å². The number of nitrogens with zero attached hydrogens (tertiary/aromatic N) is 1. The van der Waals surface area contributed by atoms with E-state index in [1.807, 2.05) is 4.90 Å². The van der Waals surface area contributed by atoms with Gasteiger partial charge in [-0.25, -0.2) is 9.18 Å². The fourth-order valence-corrected chi connectivity index (χ4v) is 1.72. The lowest BCUT2D eigenvalue weighted by Crippen LogP contribution is -2.49. The second-order valence-corrected chi connectivity index (χ2v) is 5.06. The van der Waals surface area contributed by atoms with Crippen molar-refractivity contribution in [3.05, 3.63) is 0 Å². The molecule has 0 spiro atoms. The smallest absolute Gasteiger partial charge is 0.408 e. The Morgan fingerprint density at radius 1 is 1.44 bits per heavy atom. The van der Waals surface area contributed by atoms with Crippen molar-refractivity contribution < 1.29 is 13.9 Å². The second-order valence-electron chi connectivity index (χ2n) is 5.06. The number of alkyl halides is 1. The molecule has 1 N–H and O–H groups in total. The molecule has 16 heavy (non-hydrogen) atoms. The van der Waals surface area contributed by atoms with E-state index in [0.29, 0.717) is 0 Å². The molecule has 0 unspecified atom stereocenters. The zero-order valence-electron chi connectivity index (χ0n) is 10.3. The molecule has 0 aromatic rings. The number of likely N-dealkylation sites (tertiary alicyclic amines) is 1. The number of nitrogens with one attached hydrogen (secondary N) is 1. The van der Waals surface area contributed by atoms with Crippen LogP contribution < -0.4 is 5.32 Å². The Kier molecular flexibility index (Phi) is 4.53. The molecule has 1 saturated heterocycles. The van der Waals surface area contributed by atoms with Gasteiger partial charge in [-0.15, -0.1) is 0 Å². The van der Waals surface area contributed by atoms with Crippen LogP contribution >= 0.6 is 0 Å². The van der Waals surface area contributed by atoms with Crippen molar-refractivity contribution in [2.45, 2.75) is 45.4 Å². The minimum atomic E-state index is -0.584. The largest absolute Gasteiger partial charge is 0.444 e. The number of carbonyl (C=O) groups excluding carboxylic acids is 1. The van der Waals surface area contributed by atoms with E-state index in [2.05, 4.69) is 5.32 Å². The lowest BCUT2D eigenvalue weighted by molar-refractivity contribution is 0.0411. The Labute approximate surface area is 96.1 Å². The van der Waals surface area contributed by atoms with Gasteiger partial charge in [0.1, 0.15) is 18.4 Å². The molecular formula is C11H21FN2O2. The van der Waals surface area contributed by atoms with Crippen LogP contribution in [0.5, 0.6) is 0 Å². The van der Waals surface area contributed by atoms with Crippen LogP contribution in [0, 0.1) is 0 Å². The highest BCUT2D eigenvalue weighted by atomic mass is 19.1. The number of amides is 1. The molecule has 0 bridgehead atoms. The molecule has 1 atom stereocenters. The Balaban J connectivity index is 2.40. The van der Waals surface area contributed by atoms with E-state index in [0.717, 1.165) is 25.9 Å². The van der Waals surface area contributed by atoms with Gasteiger partial charge in [-0.2, -0.15) is 0 Å². The van der Waals surface area contributed by atoms with Crippen molar-refractivity contribution >= 4 is 6.09 Å². The molecule has 0 aliphatic carbocycles. The Morgan fingerprint density at radius 3 is 2.44 bits per heavy atom. The summed E-state index contributed by atoms with van der Waals surface area (Å²) in [6.45, 7) is 6.45. The maximum absolute atomic E-state index is 12.8. The zero-order valence-corrected chi connectivity index (χ0v) is 10.3. The molecule has 4 nitrogen and oxygen atoms in total. The minimum Gasteiger partial charge on any atom is -0.444 e. The van der Waals surface area contributed by atoms with Gasteiger partial charge in [-0.05, 0) is 33.6 Å². The van der Waals surface area contributed by atoms with Crippen molar-refractivity contribution in [3.8, 4) is 0 Å². The van der Waals surface area contributed by atoms with E-state index in [1.54, 1.807) is 20.8 Å². The van der Waals surface area contributed by atoms with Gasteiger partial charge >= 0.3 is 6.09 Å². The van der Waals surface area contributed by atoms with Crippen LogP contribution in [0.2, 0.25) is 0 Å². The van der Waals surface area contributed by atoms with Gasteiger partial charge in [0.2, 0.25) is 0 Å². The highest BCUT2D eigenvalue weighted by Crippen LogP contribution is 2.12. The molecule has 0 aromatic carbocycles. The average molecular weight is 232 g/mol. The molecule has 1 aliphatic rings. The summed E-state index contributed by atoms with van der Waals surface area (Å²) < 4.78 is 17.9. The third-order valence-electron chi connectivity index (χ3n) is 2.41. The quantitative estimate of drug-likeness (QED) is 0.808. The molecule has 0 radical (unpaired) electrons. The van der Waals surface area contributed by atoms with Crippen molar-refractivity contribution in [1.29, 1.82) is 0 Å². The molecular weight excluding hydrogens is 211 g/mol. The molecule has 1 aliphatic heterocycles. The molecule has 1 rings (SSSR count). The minimum absolute atomic E-state index is 0.544. The molecule has 5 heteroatoms. The fourth-order valence-electron chi connectivity index (χ4n) is 1.72. The number of alkyl carbamates (subject to hydrolysis) is 1. The highest BCUT2D eigenvalue weighted by molar-refractivity contribution is 5.68. The lowest BCUT2D eigenvalue weighted by Gasteiger charge is -2.27. The summed E-state index contributed by atoms with van der Waals surface area (Å²) in [4.78, 5) is 13.4. The van der Waals surface area contributed by atoms with E-state index in [9.17, 15) is 9.18 Å².